The second kappa shape index (κ2) is 16.4. The molecule has 0 radical (unpaired) electrons. The Hall–Kier alpha value is -3.32. The summed E-state index contributed by atoms with van der Waals surface area (Å²) in [7, 11) is 0. The number of nitrogens with one attached hydrogen (secondary N) is 3. The van der Waals surface area contributed by atoms with E-state index < -0.39 is 47.9 Å². The van der Waals surface area contributed by atoms with Crippen molar-refractivity contribution in [2.75, 3.05) is 18.6 Å². The number of rotatable bonds is 16. The summed E-state index contributed by atoms with van der Waals surface area (Å²) in [5, 5.41) is 17.1. The van der Waals surface area contributed by atoms with Crippen LogP contribution < -0.4 is 33.2 Å². The number of thioether (sulfide) groups is 1. The predicted molar refractivity (Wildman–Crippen MR) is 140 cm³/mol. The van der Waals surface area contributed by atoms with Crippen LogP contribution in [0.1, 0.15) is 31.7 Å². The van der Waals surface area contributed by atoms with Gasteiger partial charge in [-0.1, -0.05) is 30.3 Å². The molecule has 0 spiro atoms. The SMILES string of the molecule is CSCCC(NC(=O)C(N)CCCN=C(N)N)C(=O)NC(C)C(=O)NC(Cc1ccccc1)C(=O)O. The molecular formula is C23H37N7O5S. The van der Waals surface area contributed by atoms with Crippen LogP contribution in [-0.2, 0) is 25.6 Å². The second-order valence-electron chi connectivity index (χ2n) is 8.22. The standard InChI is InChI=1S/C23H37N7O5S/c1-14(19(31)30-18(22(34)35)13-15-7-4-3-5-8-15)28-21(33)17(10-12-36-2)29-20(32)16(24)9-6-11-27-23(25)26/h3-5,7-8,14,16-18H,6,9-13,24H2,1-2H3,(H,28,33)(H,29,32)(H,30,31)(H,34,35)(H4,25,26,27). The molecule has 0 aliphatic heterocycles. The van der Waals surface area contributed by atoms with Crippen LogP contribution in [0.2, 0.25) is 0 Å². The fraction of sp³-hybridized carbons (Fsp3) is 0.522. The zero-order valence-corrected chi connectivity index (χ0v) is 21.4. The Balaban J connectivity index is 2.70. The highest BCUT2D eigenvalue weighted by atomic mass is 32.2. The molecule has 1 aromatic carbocycles. The van der Waals surface area contributed by atoms with Gasteiger partial charge in [0.2, 0.25) is 17.7 Å². The summed E-state index contributed by atoms with van der Waals surface area (Å²) < 4.78 is 0. The quantitative estimate of drug-likeness (QED) is 0.0795. The predicted octanol–water partition coefficient (Wildman–Crippen LogP) is -1.08. The molecule has 0 saturated carbocycles. The number of nitrogens with zero attached hydrogens (tertiary/aromatic N) is 1. The molecule has 13 heteroatoms. The van der Waals surface area contributed by atoms with Gasteiger partial charge < -0.3 is 38.3 Å². The Morgan fingerprint density at radius 3 is 2.19 bits per heavy atom. The van der Waals surface area contributed by atoms with Crippen molar-refractivity contribution in [1.29, 1.82) is 0 Å². The van der Waals surface area contributed by atoms with Gasteiger partial charge in [-0.05, 0) is 43.8 Å². The second-order valence-corrected chi connectivity index (χ2v) is 9.20. The maximum atomic E-state index is 12.9. The van der Waals surface area contributed by atoms with Crippen LogP contribution in [0.4, 0.5) is 0 Å². The lowest BCUT2D eigenvalue weighted by Crippen LogP contribution is -2.56. The third-order valence-electron chi connectivity index (χ3n) is 5.20. The average Bonchev–Trinajstić information content (AvgIpc) is 2.83. The highest BCUT2D eigenvalue weighted by molar-refractivity contribution is 7.98. The molecule has 0 saturated heterocycles. The van der Waals surface area contributed by atoms with Gasteiger partial charge in [0.05, 0.1) is 6.04 Å². The van der Waals surface area contributed by atoms with Crippen molar-refractivity contribution in [3.8, 4) is 0 Å². The summed E-state index contributed by atoms with van der Waals surface area (Å²) in [6.07, 6.45) is 3.08. The number of aliphatic imine (C=N–C) groups is 1. The normalized spacial score (nSPS) is 14.0. The first kappa shape index (κ1) is 30.7. The van der Waals surface area contributed by atoms with E-state index in [1.54, 1.807) is 30.3 Å². The molecule has 0 heterocycles. The topological polar surface area (TPSA) is 215 Å². The van der Waals surface area contributed by atoms with E-state index >= 15 is 0 Å². The summed E-state index contributed by atoms with van der Waals surface area (Å²) in [6, 6.07) is 4.91. The molecule has 4 unspecified atom stereocenters. The van der Waals surface area contributed by atoms with Crippen molar-refractivity contribution in [2.45, 2.75) is 56.8 Å². The molecule has 10 N–H and O–H groups in total. The van der Waals surface area contributed by atoms with Crippen molar-refractivity contribution in [3.63, 3.8) is 0 Å². The number of carboxylic acid groups (broad SMARTS) is 1. The molecule has 3 amide bonds. The molecule has 1 rings (SSSR count). The van der Waals surface area contributed by atoms with E-state index in [9.17, 15) is 24.3 Å². The zero-order chi connectivity index (χ0) is 27.1. The van der Waals surface area contributed by atoms with Gasteiger partial charge in [0, 0.05) is 13.0 Å². The van der Waals surface area contributed by atoms with Crippen molar-refractivity contribution in [3.05, 3.63) is 35.9 Å². The summed E-state index contributed by atoms with van der Waals surface area (Å²) in [5.74, 6) is -2.39. The van der Waals surface area contributed by atoms with Crippen LogP contribution in [0.5, 0.6) is 0 Å². The first-order valence-electron chi connectivity index (χ1n) is 11.5. The first-order valence-corrected chi connectivity index (χ1v) is 12.9. The van der Waals surface area contributed by atoms with E-state index in [-0.39, 0.29) is 12.4 Å². The highest BCUT2D eigenvalue weighted by Gasteiger charge is 2.28. The van der Waals surface area contributed by atoms with Crippen LogP contribution in [0, 0.1) is 0 Å². The fourth-order valence-corrected chi connectivity index (χ4v) is 3.63. The first-order chi connectivity index (χ1) is 17.0. The van der Waals surface area contributed by atoms with E-state index in [4.69, 9.17) is 17.2 Å². The monoisotopic (exact) mass is 523 g/mol. The number of hydrogen-bond acceptors (Lipinski definition) is 7. The molecule has 0 aliphatic carbocycles. The molecular weight excluding hydrogens is 486 g/mol. The van der Waals surface area contributed by atoms with E-state index in [1.165, 1.54) is 18.7 Å². The molecule has 0 aliphatic rings. The smallest absolute Gasteiger partial charge is 0.326 e. The maximum Gasteiger partial charge on any atom is 0.326 e. The Morgan fingerprint density at radius 1 is 0.972 bits per heavy atom. The van der Waals surface area contributed by atoms with Gasteiger partial charge in [-0.15, -0.1) is 0 Å². The van der Waals surface area contributed by atoms with Gasteiger partial charge in [0.25, 0.3) is 0 Å². The molecule has 0 fully saturated rings. The van der Waals surface area contributed by atoms with Gasteiger partial charge in [0.1, 0.15) is 18.1 Å². The molecule has 1 aromatic rings. The van der Waals surface area contributed by atoms with Crippen molar-refractivity contribution in [1.82, 2.24) is 16.0 Å². The number of aliphatic carboxylic acids is 1. The van der Waals surface area contributed by atoms with Crippen molar-refractivity contribution in [2.24, 2.45) is 22.2 Å². The van der Waals surface area contributed by atoms with E-state index in [0.29, 0.717) is 31.6 Å². The molecule has 4 atom stereocenters. The van der Waals surface area contributed by atoms with Crippen LogP contribution >= 0.6 is 11.8 Å². The van der Waals surface area contributed by atoms with Crippen LogP contribution in [0.15, 0.2) is 35.3 Å². The van der Waals surface area contributed by atoms with E-state index in [0.717, 1.165) is 5.56 Å². The van der Waals surface area contributed by atoms with Crippen molar-refractivity contribution < 1.29 is 24.3 Å². The highest BCUT2D eigenvalue weighted by Crippen LogP contribution is 2.06. The number of carbonyl (C=O) groups excluding carboxylic acids is 3. The third-order valence-corrected chi connectivity index (χ3v) is 5.84. The van der Waals surface area contributed by atoms with Crippen LogP contribution in [0.25, 0.3) is 0 Å². The van der Waals surface area contributed by atoms with Gasteiger partial charge in [-0.3, -0.25) is 19.4 Å². The maximum absolute atomic E-state index is 12.9. The lowest BCUT2D eigenvalue weighted by Gasteiger charge is -2.23. The minimum absolute atomic E-state index is 0.0466. The summed E-state index contributed by atoms with van der Waals surface area (Å²) in [5.41, 5.74) is 17.2. The number of carboxylic acids is 1. The Labute approximate surface area is 215 Å². The van der Waals surface area contributed by atoms with Gasteiger partial charge in [-0.2, -0.15) is 11.8 Å². The number of hydrogen-bond donors (Lipinski definition) is 7. The number of amides is 3. The Kier molecular flexibility index (Phi) is 14.0. The third kappa shape index (κ3) is 11.9. The van der Waals surface area contributed by atoms with Gasteiger partial charge in [-0.25, -0.2) is 4.79 Å². The fourth-order valence-electron chi connectivity index (χ4n) is 3.16. The zero-order valence-electron chi connectivity index (χ0n) is 20.6. The molecule has 36 heavy (non-hydrogen) atoms. The number of benzene rings is 1. The lowest BCUT2D eigenvalue weighted by atomic mass is 10.1. The van der Waals surface area contributed by atoms with Gasteiger partial charge >= 0.3 is 5.97 Å². The summed E-state index contributed by atoms with van der Waals surface area (Å²) >= 11 is 1.49. The molecule has 0 aromatic heterocycles. The van der Waals surface area contributed by atoms with E-state index in [1.807, 2.05) is 6.26 Å². The number of guanidine groups is 1. The number of carbonyl (C=O) groups is 4. The average molecular weight is 524 g/mol. The lowest BCUT2D eigenvalue weighted by molar-refractivity contribution is -0.142. The minimum atomic E-state index is -1.19. The Bertz CT molecular complexity index is 896. The summed E-state index contributed by atoms with van der Waals surface area (Å²) in [6.45, 7) is 1.77. The van der Waals surface area contributed by atoms with Crippen molar-refractivity contribution >= 4 is 41.4 Å². The minimum Gasteiger partial charge on any atom is -0.480 e. The molecule has 200 valence electrons. The van der Waals surface area contributed by atoms with Crippen LogP contribution in [-0.4, -0.2) is 77.5 Å². The molecule has 0 bridgehead atoms. The molecule has 12 nitrogen and oxygen atoms in total. The summed E-state index contributed by atoms with van der Waals surface area (Å²) in [4.78, 5) is 53.4. The Morgan fingerprint density at radius 2 is 1.61 bits per heavy atom. The van der Waals surface area contributed by atoms with Crippen LogP contribution in [0.3, 0.4) is 0 Å². The van der Waals surface area contributed by atoms with Gasteiger partial charge in [0.15, 0.2) is 5.96 Å². The number of nitrogens with two attached hydrogens (primary N) is 3. The largest absolute Gasteiger partial charge is 0.480 e. The van der Waals surface area contributed by atoms with E-state index in [2.05, 4.69) is 20.9 Å².